The van der Waals surface area contributed by atoms with Crippen LogP contribution in [0.2, 0.25) is 0 Å². The van der Waals surface area contributed by atoms with Crippen LogP contribution in [0, 0.1) is 5.92 Å². The molecule has 0 bridgehead atoms. The minimum absolute atomic E-state index is 0.147. The van der Waals surface area contributed by atoms with Gasteiger partial charge in [0.1, 0.15) is 0 Å². The summed E-state index contributed by atoms with van der Waals surface area (Å²) in [6.07, 6.45) is 1.54. The van der Waals surface area contributed by atoms with Gasteiger partial charge in [-0.25, -0.2) is 0 Å². The largest absolute Gasteiger partial charge is 0.388 e. The van der Waals surface area contributed by atoms with Crippen LogP contribution in [0.1, 0.15) is 37.0 Å². The molecule has 96 valence electrons. The molecular weight excluding hydrogens is 214 g/mol. The molecule has 3 heteroatoms. The third kappa shape index (κ3) is 4.11. The molecule has 0 radical (unpaired) electrons. The number of aliphatic hydroxyl groups is 1. The van der Waals surface area contributed by atoms with Crippen LogP contribution in [0.4, 0.5) is 0 Å². The van der Waals surface area contributed by atoms with Crippen LogP contribution in [0.5, 0.6) is 0 Å². The summed E-state index contributed by atoms with van der Waals surface area (Å²) in [5.74, 6) is 0.147. The fourth-order valence-corrected chi connectivity index (χ4v) is 2.03. The number of benzene rings is 1. The second kappa shape index (κ2) is 7.43. The summed E-state index contributed by atoms with van der Waals surface area (Å²) in [6, 6.07) is 7.89. The molecule has 0 amide bonds. The first-order chi connectivity index (χ1) is 8.22. The van der Waals surface area contributed by atoms with E-state index in [0.717, 1.165) is 24.0 Å². The number of hydrogen-bond acceptors (Lipinski definition) is 3. The Kier molecular flexibility index (Phi) is 6.19. The monoisotopic (exact) mass is 237 g/mol. The third-order valence-electron chi connectivity index (χ3n) is 3.04. The smallest absolute Gasteiger partial charge is 0.0830 e. The van der Waals surface area contributed by atoms with Crippen LogP contribution in [0.3, 0.4) is 0 Å². The predicted octanol–water partition coefficient (Wildman–Crippen LogP) is 2.24. The second-order valence-corrected chi connectivity index (χ2v) is 4.40. The molecule has 1 rings (SSSR count). The normalized spacial score (nSPS) is 14.6. The van der Waals surface area contributed by atoms with Crippen LogP contribution >= 0.6 is 0 Å². The highest BCUT2D eigenvalue weighted by Gasteiger charge is 2.18. The summed E-state index contributed by atoms with van der Waals surface area (Å²) >= 11 is 0. The maximum absolute atomic E-state index is 10.2. The van der Waals surface area contributed by atoms with E-state index in [0.29, 0.717) is 13.2 Å². The summed E-state index contributed by atoms with van der Waals surface area (Å²) in [4.78, 5) is 0. The average Bonchev–Trinajstić information content (AvgIpc) is 2.36. The maximum Gasteiger partial charge on any atom is 0.0830 e. The highest BCUT2D eigenvalue weighted by molar-refractivity contribution is 5.24. The Balaban J connectivity index is 2.70. The van der Waals surface area contributed by atoms with E-state index < -0.39 is 6.10 Å². The van der Waals surface area contributed by atoms with E-state index in [1.807, 2.05) is 24.3 Å². The molecule has 1 aromatic rings. The first kappa shape index (κ1) is 14.2. The quantitative estimate of drug-likeness (QED) is 0.764. The van der Waals surface area contributed by atoms with Crippen LogP contribution in [-0.4, -0.2) is 18.8 Å². The van der Waals surface area contributed by atoms with Crippen molar-refractivity contribution in [3.63, 3.8) is 0 Å². The van der Waals surface area contributed by atoms with Crippen molar-refractivity contribution in [2.75, 3.05) is 13.7 Å². The highest BCUT2D eigenvalue weighted by Crippen LogP contribution is 2.25. The van der Waals surface area contributed by atoms with Gasteiger partial charge in [0, 0.05) is 13.0 Å². The Hall–Kier alpha value is -0.900. The van der Waals surface area contributed by atoms with E-state index in [4.69, 9.17) is 10.5 Å². The van der Waals surface area contributed by atoms with E-state index in [1.54, 1.807) is 7.11 Å². The van der Waals surface area contributed by atoms with E-state index >= 15 is 0 Å². The second-order valence-electron chi connectivity index (χ2n) is 4.40. The molecule has 0 fully saturated rings. The summed E-state index contributed by atoms with van der Waals surface area (Å²) in [5, 5.41) is 10.2. The fourth-order valence-electron chi connectivity index (χ4n) is 2.03. The Labute approximate surface area is 104 Å². The zero-order chi connectivity index (χ0) is 12.7. The molecule has 0 aliphatic heterocycles. The lowest BCUT2D eigenvalue weighted by molar-refractivity contribution is 0.106. The molecule has 0 aliphatic rings. The Morgan fingerprint density at radius 1 is 1.29 bits per heavy atom. The van der Waals surface area contributed by atoms with E-state index in [9.17, 15) is 5.11 Å². The first-order valence-electron chi connectivity index (χ1n) is 6.18. The molecule has 0 saturated heterocycles. The van der Waals surface area contributed by atoms with Crippen LogP contribution in [0.25, 0.3) is 0 Å². The fraction of sp³-hybridized carbons (Fsp3) is 0.571. The van der Waals surface area contributed by atoms with Gasteiger partial charge in [0.05, 0.1) is 12.7 Å². The molecule has 2 unspecified atom stereocenters. The van der Waals surface area contributed by atoms with Crippen molar-refractivity contribution < 1.29 is 9.84 Å². The minimum Gasteiger partial charge on any atom is -0.388 e. The first-order valence-corrected chi connectivity index (χ1v) is 6.18. The van der Waals surface area contributed by atoms with Crippen LogP contribution < -0.4 is 5.73 Å². The summed E-state index contributed by atoms with van der Waals surface area (Å²) < 4.78 is 5.05. The zero-order valence-corrected chi connectivity index (χ0v) is 10.7. The lowest BCUT2D eigenvalue weighted by Gasteiger charge is -2.21. The molecule has 0 spiro atoms. The Morgan fingerprint density at radius 3 is 2.41 bits per heavy atom. The molecule has 0 aliphatic carbocycles. The van der Waals surface area contributed by atoms with Crippen molar-refractivity contribution >= 4 is 0 Å². The van der Waals surface area contributed by atoms with E-state index in [2.05, 4.69) is 6.92 Å². The van der Waals surface area contributed by atoms with Crippen molar-refractivity contribution in [2.45, 2.75) is 32.5 Å². The molecule has 1 aromatic carbocycles. The molecule has 3 N–H and O–H groups in total. The van der Waals surface area contributed by atoms with Gasteiger partial charge in [0.15, 0.2) is 0 Å². The van der Waals surface area contributed by atoms with Gasteiger partial charge in [-0.2, -0.15) is 0 Å². The van der Waals surface area contributed by atoms with Gasteiger partial charge in [-0.3, -0.25) is 0 Å². The van der Waals surface area contributed by atoms with Gasteiger partial charge in [-0.15, -0.1) is 0 Å². The standard InChI is InChI=1S/C14H23NO2/c1-3-4-13(9-15)14(16)12-7-5-11(6-8-12)10-17-2/h5-8,13-14,16H,3-4,9-10,15H2,1-2H3. The van der Waals surface area contributed by atoms with Crippen molar-refractivity contribution in [1.82, 2.24) is 0 Å². The van der Waals surface area contributed by atoms with Gasteiger partial charge in [0.25, 0.3) is 0 Å². The van der Waals surface area contributed by atoms with Gasteiger partial charge in [-0.05, 0) is 24.1 Å². The van der Waals surface area contributed by atoms with Gasteiger partial charge >= 0.3 is 0 Å². The maximum atomic E-state index is 10.2. The average molecular weight is 237 g/mol. The highest BCUT2D eigenvalue weighted by atomic mass is 16.5. The molecule has 2 atom stereocenters. The number of nitrogens with two attached hydrogens (primary N) is 1. The zero-order valence-electron chi connectivity index (χ0n) is 10.7. The van der Waals surface area contributed by atoms with Crippen molar-refractivity contribution in [3.05, 3.63) is 35.4 Å². The molecule has 0 aromatic heterocycles. The third-order valence-corrected chi connectivity index (χ3v) is 3.04. The van der Waals surface area contributed by atoms with Crippen LogP contribution in [-0.2, 0) is 11.3 Å². The van der Waals surface area contributed by atoms with E-state index in [1.165, 1.54) is 0 Å². The molecule has 3 nitrogen and oxygen atoms in total. The van der Waals surface area contributed by atoms with E-state index in [-0.39, 0.29) is 5.92 Å². The lowest BCUT2D eigenvalue weighted by atomic mass is 9.91. The molecule has 0 saturated carbocycles. The molecule has 0 heterocycles. The number of ether oxygens (including phenoxy) is 1. The Bertz CT molecular complexity index is 311. The van der Waals surface area contributed by atoms with Crippen molar-refractivity contribution in [2.24, 2.45) is 11.7 Å². The van der Waals surface area contributed by atoms with Crippen LogP contribution in [0.15, 0.2) is 24.3 Å². The van der Waals surface area contributed by atoms with Gasteiger partial charge in [-0.1, -0.05) is 37.6 Å². The predicted molar refractivity (Wildman–Crippen MR) is 69.6 cm³/mol. The molecule has 17 heavy (non-hydrogen) atoms. The number of methoxy groups -OCH3 is 1. The van der Waals surface area contributed by atoms with Gasteiger partial charge < -0.3 is 15.6 Å². The number of aliphatic hydroxyl groups excluding tert-OH is 1. The van der Waals surface area contributed by atoms with Crippen molar-refractivity contribution in [1.29, 1.82) is 0 Å². The number of rotatable bonds is 7. The van der Waals surface area contributed by atoms with Gasteiger partial charge in [0.2, 0.25) is 0 Å². The van der Waals surface area contributed by atoms with Crippen molar-refractivity contribution in [3.8, 4) is 0 Å². The topological polar surface area (TPSA) is 55.5 Å². The minimum atomic E-state index is -0.462. The lowest BCUT2D eigenvalue weighted by Crippen LogP contribution is -2.21. The summed E-state index contributed by atoms with van der Waals surface area (Å²) in [6.45, 7) is 3.23. The number of hydrogen-bond donors (Lipinski definition) is 2. The Morgan fingerprint density at radius 2 is 1.94 bits per heavy atom. The SMILES string of the molecule is CCCC(CN)C(O)c1ccc(COC)cc1. The molecular formula is C14H23NO2. The summed E-state index contributed by atoms with van der Waals surface area (Å²) in [7, 11) is 1.68. The summed E-state index contributed by atoms with van der Waals surface area (Å²) in [5.41, 5.74) is 7.75.